The van der Waals surface area contributed by atoms with Crippen molar-refractivity contribution in [3.8, 4) is 11.1 Å². The Labute approximate surface area is 206 Å². The smallest absolute Gasteiger partial charge is 0.407 e. The molecule has 2 N–H and O–H groups in total. The number of alkyl carbamates (subject to hydrolysis) is 1. The Hall–Kier alpha value is -3.35. The number of nitrogens with one attached hydrogen (secondary N) is 1. The van der Waals surface area contributed by atoms with Crippen LogP contribution in [0.5, 0.6) is 0 Å². The van der Waals surface area contributed by atoms with E-state index in [1.54, 1.807) is 4.90 Å². The first kappa shape index (κ1) is 24.8. The average molecular weight is 479 g/mol. The lowest BCUT2D eigenvalue weighted by Crippen LogP contribution is -2.42. The molecule has 2 aliphatic rings. The van der Waals surface area contributed by atoms with Crippen molar-refractivity contribution in [3.05, 3.63) is 59.7 Å². The van der Waals surface area contributed by atoms with E-state index in [1.165, 1.54) is 11.1 Å². The van der Waals surface area contributed by atoms with Crippen LogP contribution in [0.15, 0.2) is 48.5 Å². The fourth-order valence-electron chi connectivity index (χ4n) is 5.26. The van der Waals surface area contributed by atoms with Crippen molar-refractivity contribution in [2.75, 3.05) is 26.2 Å². The first-order valence-corrected chi connectivity index (χ1v) is 12.2. The highest BCUT2D eigenvalue weighted by molar-refractivity contribution is 5.82. The van der Waals surface area contributed by atoms with Crippen LogP contribution in [0.3, 0.4) is 0 Å². The van der Waals surface area contributed by atoms with Crippen LogP contribution in [-0.2, 0) is 14.3 Å². The van der Waals surface area contributed by atoms with Gasteiger partial charge in [-0.05, 0) is 40.5 Å². The zero-order valence-corrected chi connectivity index (χ0v) is 20.6. The molecule has 0 bridgehead atoms. The third-order valence-electron chi connectivity index (χ3n) is 6.89. The molecule has 2 atom stereocenters. The summed E-state index contributed by atoms with van der Waals surface area (Å²) in [6.45, 7) is 7.16. The molecule has 1 aliphatic heterocycles. The van der Waals surface area contributed by atoms with Crippen LogP contribution in [0, 0.1) is 17.3 Å². The number of aliphatic carboxylic acids is 1. The topological polar surface area (TPSA) is 95.9 Å². The zero-order valence-electron chi connectivity index (χ0n) is 20.6. The summed E-state index contributed by atoms with van der Waals surface area (Å²) in [5, 5.41) is 12.1. The largest absolute Gasteiger partial charge is 0.481 e. The van der Waals surface area contributed by atoms with Crippen LogP contribution in [0.25, 0.3) is 11.1 Å². The molecular formula is C28H34N2O5. The van der Waals surface area contributed by atoms with Gasteiger partial charge in [-0.15, -0.1) is 0 Å². The Kier molecular flexibility index (Phi) is 7.15. The Bertz CT molecular complexity index is 1060. The summed E-state index contributed by atoms with van der Waals surface area (Å²) in [6.07, 6.45) is 0.482. The molecule has 1 aliphatic carbocycles. The van der Waals surface area contributed by atoms with Gasteiger partial charge in [-0.2, -0.15) is 0 Å². The van der Waals surface area contributed by atoms with Crippen molar-refractivity contribution in [2.45, 2.75) is 39.5 Å². The Morgan fingerprint density at radius 1 is 1.06 bits per heavy atom. The summed E-state index contributed by atoms with van der Waals surface area (Å²) in [5.41, 5.74) is 4.49. The van der Waals surface area contributed by atoms with Gasteiger partial charge in [-0.1, -0.05) is 69.3 Å². The molecule has 0 saturated carbocycles. The first-order valence-electron chi connectivity index (χ1n) is 12.2. The lowest BCUT2D eigenvalue weighted by atomic mass is 9.84. The molecule has 0 aromatic heterocycles. The number of fused-ring (bicyclic) bond motifs is 3. The number of carbonyl (C=O) groups excluding carboxylic acids is 2. The fourth-order valence-corrected chi connectivity index (χ4v) is 5.26. The maximum absolute atomic E-state index is 13.2. The minimum atomic E-state index is -0.871. The number of amides is 2. The number of hydrogen-bond acceptors (Lipinski definition) is 4. The highest BCUT2D eigenvalue weighted by Gasteiger charge is 2.36. The van der Waals surface area contributed by atoms with E-state index in [2.05, 4.69) is 29.6 Å². The Morgan fingerprint density at radius 2 is 1.66 bits per heavy atom. The van der Waals surface area contributed by atoms with Gasteiger partial charge in [0.05, 0.1) is 11.8 Å². The normalized spacial score (nSPS) is 18.0. The molecule has 2 aromatic carbocycles. The molecule has 7 nitrogen and oxygen atoms in total. The van der Waals surface area contributed by atoms with Gasteiger partial charge in [0.15, 0.2) is 0 Å². The molecule has 35 heavy (non-hydrogen) atoms. The van der Waals surface area contributed by atoms with E-state index >= 15 is 0 Å². The third kappa shape index (κ3) is 5.66. The van der Waals surface area contributed by atoms with Crippen molar-refractivity contribution in [1.29, 1.82) is 0 Å². The van der Waals surface area contributed by atoms with Gasteiger partial charge in [0.1, 0.15) is 6.61 Å². The number of carbonyl (C=O) groups is 3. The number of carboxylic acids is 1. The molecule has 0 radical (unpaired) electrons. The standard InChI is InChI=1S/C28H34N2O5/c1-28(2,3)14-19(25(31)30-13-12-18(16-30)26(32)33)15-29-27(34)35-17-24-22-10-6-4-8-20(22)21-9-5-7-11-23(21)24/h4-11,18-19,24H,12-17H2,1-3H3,(H,29,34)(H,32,33). The van der Waals surface area contributed by atoms with Crippen LogP contribution < -0.4 is 5.32 Å². The van der Waals surface area contributed by atoms with Gasteiger partial charge < -0.3 is 20.1 Å². The summed E-state index contributed by atoms with van der Waals surface area (Å²) in [6, 6.07) is 16.3. The number of carboxylic acid groups (broad SMARTS) is 1. The molecule has 7 heteroatoms. The van der Waals surface area contributed by atoms with Crippen LogP contribution in [0.1, 0.15) is 50.7 Å². The van der Waals surface area contributed by atoms with Crippen LogP contribution in [0.4, 0.5) is 4.79 Å². The average Bonchev–Trinajstić information content (AvgIpc) is 3.43. The molecule has 186 valence electrons. The highest BCUT2D eigenvalue weighted by Crippen LogP contribution is 2.44. The quantitative estimate of drug-likeness (QED) is 0.610. The van der Waals surface area contributed by atoms with Gasteiger partial charge in [0, 0.05) is 25.6 Å². The van der Waals surface area contributed by atoms with Gasteiger partial charge in [-0.3, -0.25) is 9.59 Å². The SMILES string of the molecule is CC(C)(C)CC(CNC(=O)OCC1c2ccccc2-c2ccccc21)C(=O)N1CCC(C(=O)O)C1. The summed E-state index contributed by atoms with van der Waals surface area (Å²) >= 11 is 0. The van der Waals surface area contributed by atoms with Gasteiger partial charge in [-0.25, -0.2) is 4.79 Å². The van der Waals surface area contributed by atoms with Crippen LogP contribution in [0.2, 0.25) is 0 Å². The van der Waals surface area contributed by atoms with E-state index in [-0.39, 0.29) is 36.9 Å². The number of likely N-dealkylation sites (tertiary alicyclic amines) is 1. The second-order valence-corrected chi connectivity index (χ2v) is 10.8. The fraction of sp³-hybridized carbons (Fsp3) is 0.464. The summed E-state index contributed by atoms with van der Waals surface area (Å²) in [4.78, 5) is 38.8. The summed E-state index contributed by atoms with van der Waals surface area (Å²) < 4.78 is 5.62. The molecule has 2 aromatic rings. The van der Waals surface area contributed by atoms with Crippen LogP contribution in [-0.4, -0.2) is 54.2 Å². The van der Waals surface area contributed by atoms with Gasteiger partial charge in [0.25, 0.3) is 0 Å². The van der Waals surface area contributed by atoms with Gasteiger partial charge in [0.2, 0.25) is 5.91 Å². The maximum atomic E-state index is 13.2. The van der Waals surface area contributed by atoms with Crippen molar-refractivity contribution in [2.24, 2.45) is 17.3 Å². The second-order valence-electron chi connectivity index (χ2n) is 10.8. The summed E-state index contributed by atoms with van der Waals surface area (Å²) in [5.74, 6) is -1.97. The molecule has 1 fully saturated rings. The molecule has 4 rings (SSSR count). The van der Waals surface area contributed by atoms with E-state index in [0.29, 0.717) is 19.4 Å². The Morgan fingerprint density at radius 3 is 2.20 bits per heavy atom. The number of benzene rings is 2. The summed E-state index contributed by atoms with van der Waals surface area (Å²) in [7, 11) is 0. The van der Waals surface area contributed by atoms with E-state index in [1.807, 2.05) is 45.0 Å². The minimum absolute atomic E-state index is 0.0299. The second kappa shape index (κ2) is 10.1. The van der Waals surface area contributed by atoms with Crippen molar-refractivity contribution >= 4 is 18.0 Å². The number of rotatable bonds is 7. The van der Waals surface area contributed by atoms with E-state index in [9.17, 15) is 19.5 Å². The maximum Gasteiger partial charge on any atom is 0.407 e. The number of hydrogen-bond donors (Lipinski definition) is 2. The minimum Gasteiger partial charge on any atom is -0.481 e. The number of nitrogens with zero attached hydrogens (tertiary/aromatic N) is 1. The lowest BCUT2D eigenvalue weighted by molar-refractivity contribution is -0.141. The third-order valence-corrected chi connectivity index (χ3v) is 6.89. The monoisotopic (exact) mass is 478 g/mol. The highest BCUT2D eigenvalue weighted by atomic mass is 16.5. The predicted molar refractivity (Wildman–Crippen MR) is 133 cm³/mol. The predicted octanol–water partition coefficient (Wildman–Crippen LogP) is 4.51. The molecular weight excluding hydrogens is 444 g/mol. The van der Waals surface area contributed by atoms with Crippen molar-refractivity contribution < 1.29 is 24.2 Å². The molecule has 1 saturated heterocycles. The van der Waals surface area contributed by atoms with Crippen LogP contribution >= 0.6 is 0 Å². The molecule has 0 spiro atoms. The van der Waals surface area contributed by atoms with Crippen molar-refractivity contribution in [1.82, 2.24) is 10.2 Å². The van der Waals surface area contributed by atoms with Crippen molar-refractivity contribution in [3.63, 3.8) is 0 Å². The molecule has 2 unspecified atom stereocenters. The first-order chi connectivity index (χ1) is 16.6. The van der Waals surface area contributed by atoms with Gasteiger partial charge >= 0.3 is 12.1 Å². The molecule has 1 heterocycles. The lowest BCUT2D eigenvalue weighted by Gasteiger charge is -2.29. The van der Waals surface area contributed by atoms with E-state index in [0.717, 1.165) is 11.1 Å². The number of ether oxygens (including phenoxy) is 1. The molecule has 2 amide bonds. The zero-order chi connectivity index (χ0) is 25.2. The van der Waals surface area contributed by atoms with E-state index < -0.39 is 23.9 Å². The Balaban J connectivity index is 1.37. The van der Waals surface area contributed by atoms with E-state index in [4.69, 9.17) is 4.74 Å².